The van der Waals surface area contributed by atoms with E-state index in [2.05, 4.69) is 25.9 Å². The summed E-state index contributed by atoms with van der Waals surface area (Å²) in [5.74, 6) is 0.478. The molecule has 0 radical (unpaired) electrons. The molecule has 1 heterocycles. The number of aliphatic hydroxyl groups excluding tert-OH is 1. The number of hydrogen-bond donors (Lipinski definition) is 4. The third kappa shape index (κ3) is 5.68. The van der Waals surface area contributed by atoms with Crippen molar-refractivity contribution >= 4 is 34.4 Å². The maximum absolute atomic E-state index is 12.9. The molecule has 4 N–H and O–H groups in total. The van der Waals surface area contributed by atoms with Crippen LogP contribution in [-0.2, 0) is 6.61 Å². The number of amides is 2. The van der Waals surface area contributed by atoms with Gasteiger partial charge in [0.25, 0.3) is 11.8 Å². The van der Waals surface area contributed by atoms with Gasteiger partial charge in [0.1, 0.15) is 5.75 Å². The van der Waals surface area contributed by atoms with Gasteiger partial charge < -0.3 is 25.8 Å². The van der Waals surface area contributed by atoms with E-state index < -0.39 is 0 Å². The lowest BCUT2D eigenvalue weighted by molar-refractivity contribution is 0.0941. The van der Waals surface area contributed by atoms with Crippen LogP contribution in [-0.4, -0.2) is 47.1 Å². The minimum Gasteiger partial charge on any atom is -0.496 e. The molecule has 0 fully saturated rings. The Hall–Kier alpha value is -4.50. The molecule has 4 rings (SSSR count). The molecule has 37 heavy (non-hydrogen) atoms. The number of hydrogen-bond acceptors (Lipinski definition) is 7. The molecule has 0 aliphatic rings. The Morgan fingerprint density at radius 3 is 2.30 bits per heavy atom. The molecule has 0 aliphatic carbocycles. The highest BCUT2D eigenvalue weighted by molar-refractivity contribution is 6.05. The smallest absolute Gasteiger partial charge is 0.255 e. The van der Waals surface area contributed by atoms with Crippen LogP contribution in [0.1, 0.15) is 40.1 Å². The van der Waals surface area contributed by atoms with Crippen LogP contribution in [0.5, 0.6) is 5.75 Å². The summed E-state index contributed by atoms with van der Waals surface area (Å²) in [5.41, 5.74) is 4.17. The number of aromatic nitrogens is 2. The van der Waals surface area contributed by atoms with Crippen molar-refractivity contribution in [2.75, 3.05) is 24.8 Å². The molecule has 190 valence electrons. The highest BCUT2D eigenvalue weighted by Gasteiger charge is 2.15. The summed E-state index contributed by atoms with van der Waals surface area (Å²) >= 11 is 0. The first kappa shape index (κ1) is 25.6. The summed E-state index contributed by atoms with van der Waals surface area (Å²) in [4.78, 5) is 34.2. The predicted molar refractivity (Wildman–Crippen MR) is 144 cm³/mol. The zero-order chi connectivity index (χ0) is 26.5. The van der Waals surface area contributed by atoms with Crippen molar-refractivity contribution in [3.63, 3.8) is 0 Å². The Balaban J connectivity index is 1.64. The number of carbonyl (C=O) groups excluding carboxylic acids is 2. The van der Waals surface area contributed by atoms with Crippen molar-refractivity contribution in [2.45, 2.75) is 26.5 Å². The SMILES string of the molecule is CNc1nc(-c2cccc(NC(=O)c3ccc(C(=O)NC(C)C)cc3)c2)c2cc(CO)c(OC)cc2n1. The molecule has 9 heteroatoms. The number of nitrogens with zero attached hydrogens (tertiary/aromatic N) is 2. The van der Waals surface area contributed by atoms with Crippen molar-refractivity contribution in [3.8, 4) is 17.0 Å². The lowest BCUT2D eigenvalue weighted by Gasteiger charge is -2.13. The zero-order valence-corrected chi connectivity index (χ0v) is 21.1. The van der Waals surface area contributed by atoms with Crippen molar-refractivity contribution in [1.82, 2.24) is 15.3 Å². The number of anilines is 2. The molecule has 0 unspecified atom stereocenters. The van der Waals surface area contributed by atoms with Crippen LogP contribution in [0.3, 0.4) is 0 Å². The van der Waals surface area contributed by atoms with Crippen molar-refractivity contribution in [1.29, 1.82) is 0 Å². The number of aliphatic hydroxyl groups is 1. The van der Waals surface area contributed by atoms with Gasteiger partial charge in [0.05, 0.1) is 24.9 Å². The van der Waals surface area contributed by atoms with E-state index in [1.807, 2.05) is 38.1 Å². The van der Waals surface area contributed by atoms with E-state index in [9.17, 15) is 14.7 Å². The van der Waals surface area contributed by atoms with Gasteiger partial charge in [-0.05, 0) is 56.3 Å². The zero-order valence-electron chi connectivity index (χ0n) is 21.1. The molecule has 4 aromatic rings. The summed E-state index contributed by atoms with van der Waals surface area (Å²) in [6.45, 7) is 3.58. The maximum atomic E-state index is 12.9. The molecule has 0 atom stereocenters. The number of carbonyl (C=O) groups is 2. The van der Waals surface area contributed by atoms with Gasteiger partial charge in [-0.25, -0.2) is 9.97 Å². The van der Waals surface area contributed by atoms with Gasteiger partial charge in [-0.1, -0.05) is 12.1 Å². The number of fused-ring (bicyclic) bond motifs is 1. The Morgan fingerprint density at radius 1 is 0.973 bits per heavy atom. The van der Waals surface area contributed by atoms with Crippen LogP contribution < -0.4 is 20.7 Å². The Bertz CT molecular complexity index is 1450. The normalized spacial score (nSPS) is 10.9. The molecule has 0 aliphatic heterocycles. The lowest BCUT2D eigenvalue weighted by atomic mass is 10.0. The van der Waals surface area contributed by atoms with Crippen LogP contribution in [0.15, 0.2) is 60.7 Å². The van der Waals surface area contributed by atoms with Gasteiger partial charge in [-0.3, -0.25) is 9.59 Å². The first-order valence-corrected chi connectivity index (χ1v) is 11.8. The molecular formula is C28H29N5O4. The molecule has 2 amide bonds. The highest BCUT2D eigenvalue weighted by Crippen LogP contribution is 2.33. The van der Waals surface area contributed by atoms with Crippen molar-refractivity contribution in [2.24, 2.45) is 0 Å². The quantitative estimate of drug-likeness (QED) is 0.286. The Labute approximate surface area is 214 Å². The summed E-state index contributed by atoms with van der Waals surface area (Å²) in [6, 6.07) is 17.4. The van der Waals surface area contributed by atoms with Gasteiger partial charge in [0, 0.05) is 52.5 Å². The predicted octanol–water partition coefficient (Wildman–Crippen LogP) is 4.23. The third-order valence-electron chi connectivity index (χ3n) is 5.71. The fourth-order valence-electron chi connectivity index (χ4n) is 3.91. The van der Waals surface area contributed by atoms with Crippen LogP contribution >= 0.6 is 0 Å². The monoisotopic (exact) mass is 499 g/mol. The van der Waals surface area contributed by atoms with E-state index in [4.69, 9.17) is 4.74 Å². The van der Waals surface area contributed by atoms with E-state index in [1.54, 1.807) is 50.6 Å². The van der Waals surface area contributed by atoms with Crippen LogP contribution in [0, 0.1) is 0 Å². The van der Waals surface area contributed by atoms with E-state index in [0.717, 1.165) is 10.9 Å². The molecule has 0 saturated carbocycles. The van der Waals surface area contributed by atoms with E-state index >= 15 is 0 Å². The number of rotatable bonds is 8. The number of ether oxygens (including phenoxy) is 1. The largest absolute Gasteiger partial charge is 0.496 e. The molecule has 3 aromatic carbocycles. The van der Waals surface area contributed by atoms with Crippen molar-refractivity contribution in [3.05, 3.63) is 77.4 Å². The molecule has 9 nitrogen and oxygen atoms in total. The second-order valence-electron chi connectivity index (χ2n) is 8.73. The summed E-state index contributed by atoms with van der Waals surface area (Å²) in [5, 5.41) is 19.3. The first-order chi connectivity index (χ1) is 17.8. The van der Waals surface area contributed by atoms with Crippen LogP contribution in [0.2, 0.25) is 0 Å². The molecular weight excluding hydrogens is 470 g/mol. The molecule has 1 aromatic heterocycles. The van der Waals surface area contributed by atoms with Gasteiger partial charge >= 0.3 is 0 Å². The number of nitrogens with one attached hydrogen (secondary N) is 3. The van der Waals surface area contributed by atoms with E-state index in [1.165, 1.54) is 0 Å². The van der Waals surface area contributed by atoms with E-state index in [-0.39, 0.29) is 24.5 Å². The van der Waals surface area contributed by atoms with Crippen LogP contribution in [0.4, 0.5) is 11.6 Å². The van der Waals surface area contributed by atoms with Gasteiger partial charge in [-0.2, -0.15) is 0 Å². The Kier molecular flexibility index (Phi) is 7.64. The van der Waals surface area contributed by atoms with Gasteiger partial charge in [-0.15, -0.1) is 0 Å². The third-order valence-corrected chi connectivity index (χ3v) is 5.71. The second-order valence-corrected chi connectivity index (χ2v) is 8.73. The number of benzene rings is 3. The minimum atomic E-state index is -0.302. The molecule has 0 bridgehead atoms. The van der Waals surface area contributed by atoms with E-state index in [0.29, 0.717) is 45.3 Å². The standard InChI is InChI=1S/C28H29N5O4/c1-16(2)30-26(35)17-8-10-18(11-9-17)27(36)31-21-7-5-6-19(12-21)25-22-13-20(15-34)24(37-4)14-23(22)32-28(29-3)33-25/h5-14,16,34H,15H2,1-4H3,(H,30,35)(H,31,36)(H,29,32,33). The topological polar surface area (TPSA) is 125 Å². The Morgan fingerprint density at radius 2 is 1.68 bits per heavy atom. The molecule has 0 saturated heterocycles. The summed E-state index contributed by atoms with van der Waals surface area (Å²) in [7, 11) is 3.28. The highest BCUT2D eigenvalue weighted by atomic mass is 16.5. The maximum Gasteiger partial charge on any atom is 0.255 e. The fourth-order valence-corrected chi connectivity index (χ4v) is 3.91. The minimum absolute atomic E-state index is 0.0243. The van der Waals surface area contributed by atoms with Gasteiger partial charge in [0.15, 0.2) is 0 Å². The average molecular weight is 500 g/mol. The number of methoxy groups -OCH3 is 1. The second kappa shape index (κ2) is 11.0. The first-order valence-electron chi connectivity index (χ1n) is 11.8. The lowest BCUT2D eigenvalue weighted by Crippen LogP contribution is -2.30. The van der Waals surface area contributed by atoms with Crippen LogP contribution in [0.25, 0.3) is 22.2 Å². The molecule has 0 spiro atoms. The summed E-state index contributed by atoms with van der Waals surface area (Å²) in [6.07, 6.45) is 0. The van der Waals surface area contributed by atoms with Crippen molar-refractivity contribution < 1.29 is 19.4 Å². The van der Waals surface area contributed by atoms with Gasteiger partial charge in [0.2, 0.25) is 5.95 Å². The fraction of sp³-hybridized carbons (Fsp3) is 0.214. The summed E-state index contributed by atoms with van der Waals surface area (Å²) < 4.78 is 5.40. The average Bonchev–Trinajstić information content (AvgIpc) is 2.91.